The number of nitrogens with one attached hydrogen (secondary N) is 1. The molecule has 2 aromatic rings. The van der Waals surface area contributed by atoms with Crippen LogP contribution in [0.2, 0.25) is 0 Å². The fraction of sp³-hybridized carbons (Fsp3) is 0.421. The third-order valence-corrected chi connectivity index (χ3v) is 4.68. The SMILES string of the molecule is CC(O)C1CCCN(C(=O)NCc2ccc3ccccc3c2)C1. The van der Waals surface area contributed by atoms with Crippen LogP contribution in [0.1, 0.15) is 25.3 Å². The largest absolute Gasteiger partial charge is 0.393 e. The van der Waals surface area contributed by atoms with E-state index in [1.807, 2.05) is 17.0 Å². The van der Waals surface area contributed by atoms with Crippen LogP contribution in [-0.2, 0) is 6.54 Å². The standard InChI is InChI=1S/C19H24N2O2/c1-14(22)18-7-4-10-21(13-18)19(23)20-12-15-8-9-16-5-2-3-6-17(16)11-15/h2-3,5-6,8-9,11,14,18,22H,4,7,10,12-13H2,1H3,(H,20,23). The molecule has 2 N–H and O–H groups in total. The minimum atomic E-state index is -0.355. The zero-order valence-corrected chi connectivity index (χ0v) is 13.5. The number of rotatable bonds is 3. The number of benzene rings is 2. The van der Waals surface area contributed by atoms with Gasteiger partial charge in [0.05, 0.1) is 6.10 Å². The first-order valence-electron chi connectivity index (χ1n) is 8.32. The van der Waals surface area contributed by atoms with Gasteiger partial charge >= 0.3 is 6.03 Å². The van der Waals surface area contributed by atoms with Gasteiger partial charge in [0.25, 0.3) is 0 Å². The number of piperidine rings is 1. The Kier molecular flexibility index (Phi) is 4.82. The number of aliphatic hydroxyl groups is 1. The summed E-state index contributed by atoms with van der Waals surface area (Å²) in [5.74, 6) is 0.190. The van der Waals surface area contributed by atoms with Crippen molar-refractivity contribution in [3.8, 4) is 0 Å². The average Bonchev–Trinajstić information content (AvgIpc) is 2.59. The van der Waals surface area contributed by atoms with Crippen molar-refractivity contribution in [3.63, 3.8) is 0 Å². The van der Waals surface area contributed by atoms with Crippen molar-refractivity contribution in [2.24, 2.45) is 5.92 Å². The van der Waals surface area contributed by atoms with E-state index >= 15 is 0 Å². The number of hydrogen-bond donors (Lipinski definition) is 2. The van der Waals surface area contributed by atoms with Gasteiger partial charge in [-0.3, -0.25) is 0 Å². The van der Waals surface area contributed by atoms with Gasteiger partial charge in [0.15, 0.2) is 0 Å². The average molecular weight is 312 g/mol. The Labute approximate surface area is 137 Å². The van der Waals surface area contributed by atoms with Crippen molar-refractivity contribution in [2.45, 2.75) is 32.4 Å². The molecule has 2 unspecified atom stereocenters. The molecule has 0 saturated carbocycles. The van der Waals surface area contributed by atoms with Gasteiger partial charge in [-0.15, -0.1) is 0 Å². The molecule has 2 amide bonds. The molecule has 0 aliphatic carbocycles. The highest BCUT2D eigenvalue weighted by molar-refractivity contribution is 5.83. The summed E-state index contributed by atoms with van der Waals surface area (Å²) in [6, 6.07) is 14.4. The number of nitrogens with zero attached hydrogens (tertiary/aromatic N) is 1. The molecule has 1 fully saturated rings. The molecule has 2 aromatic carbocycles. The van der Waals surface area contributed by atoms with Crippen LogP contribution in [0.3, 0.4) is 0 Å². The number of hydrogen-bond acceptors (Lipinski definition) is 2. The van der Waals surface area contributed by atoms with E-state index in [0.717, 1.165) is 24.9 Å². The molecule has 0 spiro atoms. The lowest BCUT2D eigenvalue weighted by Gasteiger charge is -2.34. The van der Waals surface area contributed by atoms with Crippen LogP contribution in [0.15, 0.2) is 42.5 Å². The molecule has 1 aliphatic rings. The second kappa shape index (κ2) is 7.01. The topological polar surface area (TPSA) is 52.6 Å². The summed E-state index contributed by atoms with van der Waals surface area (Å²) in [6.45, 7) is 3.74. The quantitative estimate of drug-likeness (QED) is 0.915. The van der Waals surface area contributed by atoms with E-state index in [-0.39, 0.29) is 18.1 Å². The van der Waals surface area contributed by atoms with Gasteiger partial charge in [-0.05, 0) is 42.2 Å². The van der Waals surface area contributed by atoms with E-state index in [4.69, 9.17) is 0 Å². The highest BCUT2D eigenvalue weighted by Crippen LogP contribution is 2.20. The molecular weight excluding hydrogens is 288 g/mol. The predicted molar refractivity (Wildman–Crippen MR) is 92.2 cm³/mol. The molecule has 0 radical (unpaired) electrons. The van der Waals surface area contributed by atoms with Gasteiger partial charge in [-0.25, -0.2) is 4.79 Å². The summed E-state index contributed by atoms with van der Waals surface area (Å²) in [5.41, 5.74) is 1.10. The second-order valence-corrected chi connectivity index (χ2v) is 6.43. The van der Waals surface area contributed by atoms with Crippen LogP contribution in [0.4, 0.5) is 4.79 Å². The lowest BCUT2D eigenvalue weighted by Crippen LogP contribution is -2.47. The van der Waals surface area contributed by atoms with Gasteiger partial charge in [-0.2, -0.15) is 0 Å². The van der Waals surface area contributed by atoms with E-state index in [1.165, 1.54) is 10.8 Å². The van der Waals surface area contributed by atoms with Crippen molar-refractivity contribution < 1.29 is 9.90 Å². The smallest absolute Gasteiger partial charge is 0.317 e. The molecule has 1 aliphatic heterocycles. The summed E-state index contributed by atoms with van der Waals surface area (Å²) >= 11 is 0. The summed E-state index contributed by atoms with van der Waals surface area (Å²) in [4.78, 5) is 14.2. The van der Waals surface area contributed by atoms with Crippen molar-refractivity contribution in [1.82, 2.24) is 10.2 Å². The van der Waals surface area contributed by atoms with Crippen molar-refractivity contribution in [2.75, 3.05) is 13.1 Å². The summed E-state index contributed by atoms with van der Waals surface area (Å²) < 4.78 is 0. The fourth-order valence-corrected chi connectivity index (χ4v) is 3.23. The molecule has 1 saturated heterocycles. The molecule has 122 valence electrons. The number of carbonyl (C=O) groups excluding carboxylic acids is 1. The maximum atomic E-state index is 12.3. The zero-order valence-electron chi connectivity index (χ0n) is 13.5. The van der Waals surface area contributed by atoms with Gasteiger partial charge in [0, 0.05) is 25.6 Å². The molecule has 4 heteroatoms. The zero-order chi connectivity index (χ0) is 16.2. The predicted octanol–water partition coefficient (Wildman–Crippen LogP) is 3.14. The normalized spacial score (nSPS) is 19.6. The van der Waals surface area contributed by atoms with Crippen LogP contribution in [0.25, 0.3) is 10.8 Å². The van der Waals surface area contributed by atoms with E-state index in [9.17, 15) is 9.90 Å². The van der Waals surface area contributed by atoms with Crippen LogP contribution in [0, 0.1) is 5.92 Å². The van der Waals surface area contributed by atoms with Crippen molar-refractivity contribution in [3.05, 3.63) is 48.0 Å². The minimum absolute atomic E-state index is 0.0384. The summed E-state index contributed by atoms with van der Waals surface area (Å²) in [6.07, 6.45) is 1.59. The van der Waals surface area contributed by atoms with Crippen LogP contribution >= 0.6 is 0 Å². The fourth-order valence-electron chi connectivity index (χ4n) is 3.23. The van der Waals surface area contributed by atoms with Crippen molar-refractivity contribution in [1.29, 1.82) is 0 Å². The Morgan fingerprint density at radius 2 is 2.09 bits per heavy atom. The maximum Gasteiger partial charge on any atom is 0.317 e. The number of urea groups is 1. The first-order chi connectivity index (χ1) is 11.1. The molecule has 1 heterocycles. The minimum Gasteiger partial charge on any atom is -0.393 e. The molecule has 4 nitrogen and oxygen atoms in total. The third kappa shape index (κ3) is 3.82. The van der Waals surface area contributed by atoms with Crippen LogP contribution < -0.4 is 5.32 Å². The number of likely N-dealkylation sites (tertiary alicyclic amines) is 1. The van der Waals surface area contributed by atoms with Crippen molar-refractivity contribution >= 4 is 16.8 Å². The Balaban J connectivity index is 1.59. The number of carbonyl (C=O) groups is 1. The highest BCUT2D eigenvalue weighted by Gasteiger charge is 2.26. The number of fused-ring (bicyclic) bond motifs is 1. The van der Waals surface area contributed by atoms with E-state index in [1.54, 1.807) is 6.92 Å². The lowest BCUT2D eigenvalue weighted by atomic mass is 9.94. The van der Waals surface area contributed by atoms with Gasteiger partial charge < -0.3 is 15.3 Å². The van der Waals surface area contributed by atoms with Gasteiger partial charge in [0.1, 0.15) is 0 Å². The van der Waals surface area contributed by atoms with Crippen LogP contribution in [0.5, 0.6) is 0 Å². The number of amides is 2. The Morgan fingerprint density at radius 3 is 2.87 bits per heavy atom. The Morgan fingerprint density at radius 1 is 1.30 bits per heavy atom. The third-order valence-electron chi connectivity index (χ3n) is 4.68. The first kappa shape index (κ1) is 15.8. The number of aliphatic hydroxyl groups excluding tert-OH is 1. The Bertz CT molecular complexity index is 684. The van der Waals surface area contributed by atoms with Gasteiger partial charge in [-0.1, -0.05) is 36.4 Å². The maximum absolute atomic E-state index is 12.3. The molecular formula is C19H24N2O2. The molecule has 0 bridgehead atoms. The monoisotopic (exact) mass is 312 g/mol. The first-order valence-corrected chi connectivity index (χ1v) is 8.32. The second-order valence-electron chi connectivity index (χ2n) is 6.43. The van der Waals surface area contributed by atoms with E-state index in [2.05, 4.69) is 35.6 Å². The van der Waals surface area contributed by atoms with Crippen LogP contribution in [-0.4, -0.2) is 35.2 Å². The molecule has 23 heavy (non-hydrogen) atoms. The Hall–Kier alpha value is -2.07. The van der Waals surface area contributed by atoms with E-state index in [0.29, 0.717) is 13.1 Å². The lowest BCUT2D eigenvalue weighted by molar-refractivity contribution is 0.0738. The molecule has 2 atom stereocenters. The molecule has 3 rings (SSSR count). The summed E-state index contributed by atoms with van der Waals surface area (Å²) in [7, 11) is 0. The van der Waals surface area contributed by atoms with Gasteiger partial charge in [0.2, 0.25) is 0 Å². The summed E-state index contributed by atoms with van der Waals surface area (Å²) in [5, 5.41) is 15.1. The molecule has 0 aromatic heterocycles. The highest BCUT2D eigenvalue weighted by atomic mass is 16.3. The van der Waals surface area contributed by atoms with E-state index < -0.39 is 0 Å².